The predicted molar refractivity (Wildman–Crippen MR) is 144 cm³/mol. The second-order valence-corrected chi connectivity index (χ2v) is 10.6. The van der Waals surface area contributed by atoms with E-state index < -0.39 is 42.0 Å². The molecule has 210 valence electrons. The Morgan fingerprint density at radius 1 is 0.676 bits per heavy atom. The van der Waals surface area contributed by atoms with Crippen molar-refractivity contribution >= 4 is 23.8 Å². The summed E-state index contributed by atoms with van der Waals surface area (Å²) in [5.41, 5.74) is 12.3. The third-order valence-corrected chi connectivity index (χ3v) is 5.34. The van der Waals surface area contributed by atoms with Gasteiger partial charge in [0.25, 0.3) is 0 Å². The van der Waals surface area contributed by atoms with Gasteiger partial charge in [0, 0.05) is 6.42 Å². The van der Waals surface area contributed by atoms with E-state index in [9.17, 15) is 24.3 Å². The van der Waals surface area contributed by atoms with Crippen molar-refractivity contribution < 1.29 is 29.4 Å². The number of carbonyl (C=O) groups is 4. The Hall–Kier alpha value is -2.98. The van der Waals surface area contributed by atoms with Crippen LogP contribution in [0.15, 0.2) is 30.3 Å². The Morgan fingerprint density at radius 3 is 1.41 bits per heavy atom. The molecule has 0 fully saturated rings. The van der Waals surface area contributed by atoms with Crippen LogP contribution in [0, 0.1) is 17.8 Å². The van der Waals surface area contributed by atoms with Crippen molar-refractivity contribution in [3.63, 3.8) is 0 Å². The molecule has 8 N–H and O–H groups in total. The smallest absolute Gasteiger partial charge is 0.326 e. The first kappa shape index (κ1) is 34.0. The van der Waals surface area contributed by atoms with Crippen molar-refractivity contribution in [1.29, 1.82) is 0 Å². The normalized spacial score (nSPS) is 14.2. The van der Waals surface area contributed by atoms with Gasteiger partial charge in [-0.05, 0) is 42.6 Å². The van der Waals surface area contributed by atoms with E-state index in [0.717, 1.165) is 5.56 Å². The first-order chi connectivity index (χ1) is 17.1. The molecule has 0 bridgehead atoms. The fraction of sp³-hybridized carbons (Fsp3) is 0.630. The standard InChI is InChI=1S/C15H22N2O3.C12H24N2O3/c1-10(2)8-12(16)14(18)17-13(15(19)20)9-11-6-4-3-5-7-11;1-7(2)5-9(13)11(15)14-10(12(16)17)6-8(3)4/h3-7,10,12-13H,8-9,16H2,1-2H3,(H,17,18)(H,19,20);7-10H,5-6,13H2,1-4H3,(H,14,15)(H,16,17)/t12-,13-;9-,10-/m00/s1. The summed E-state index contributed by atoms with van der Waals surface area (Å²) in [5.74, 6) is -2.06. The number of rotatable bonds is 14. The third kappa shape index (κ3) is 15.7. The highest BCUT2D eigenvalue weighted by molar-refractivity contribution is 5.87. The van der Waals surface area contributed by atoms with Gasteiger partial charge in [-0.2, -0.15) is 0 Å². The van der Waals surface area contributed by atoms with E-state index in [-0.39, 0.29) is 24.2 Å². The molecular formula is C27H46N4O6. The molecular weight excluding hydrogens is 476 g/mol. The third-order valence-electron chi connectivity index (χ3n) is 5.34. The molecule has 1 aromatic rings. The van der Waals surface area contributed by atoms with Gasteiger partial charge in [0.1, 0.15) is 12.1 Å². The number of carboxylic acids is 2. The molecule has 1 aromatic carbocycles. The molecule has 0 heterocycles. The topological polar surface area (TPSA) is 185 Å². The summed E-state index contributed by atoms with van der Waals surface area (Å²) in [6, 6.07) is 6.07. The van der Waals surface area contributed by atoms with E-state index in [1.54, 1.807) is 0 Å². The minimum Gasteiger partial charge on any atom is -0.480 e. The molecule has 0 unspecified atom stereocenters. The molecule has 0 saturated heterocycles. The van der Waals surface area contributed by atoms with Gasteiger partial charge in [-0.15, -0.1) is 0 Å². The summed E-state index contributed by atoms with van der Waals surface area (Å²) >= 11 is 0. The van der Waals surface area contributed by atoms with Crippen LogP contribution in [0.3, 0.4) is 0 Å². The molecule has 1 rings (SSSR count). The monoisotopic (exact) mass is 522 g/mol. The van der Waals surface area contributed by atoms with Gasteiger partial charge >= 0.3 is 11.9 Å². The summed E-state index contributed by atoms with van der Waals surface area (Å²) in [6.45, 7) is 11.7. The summed E-state index contributed by atoms with van der Waals surface area (Å²) in [6.07, 6.45) is 1.75. The first-order valence-electron chi connectivity index (χ1n) is 12.7. The zero-order valence-corrected chi connectivity index (χ0v) is 22.9. The van der Waals surface area contributed by atoms with Crippen molar-refractivity contribution in [3.8, 4) is 0 Å². The van der Waals surface area contributed by atoms with E-state index in [1.165, 1.54) is 0 Å². The second kappa shape index (κ2) is 17.5. The Balaban J connectivity index is 0.000000712. The molecule has 0 saturated carbocycles. The molecule has 0 spiro atoms. The largest absolute Gasteiger partial charge is 0.480 e. The number of amides is 2. The van der Waals surface area contributed by atoms with Gasteiger partial charge in [0.15, 0.2) is 0 Å². The first-order valence-corrected chi connectivity index (χ1v) is 12.7. The van der Waals surface area contributed by atoms with Crippen molar-refractivity contribution in [2.24, 2.45) is 29.2 Å². The molecule has 0 aliphatic carbocycles. The Labute approximate surface area is 220 Å². The fourth-order valence-electron chi connectivity index (χ4n) is 3.53. The van der Waals surface area contributed by atoms with Crippen LogP contribution in [0.4, 0.5) is 0 Å². The van der Waals surface area contributed by atoms with Crippen LogP contribution in [0.2, 0.25) is 0 Å². The minimum absolute atomic E-state index is 0.206. The summed E-state index contributed by atoms with van der Waals surface area (Å²) in [4.78, 5) is 45.7. The van der Waals surface area contributed by atoms with Crippen LogP contribution in [-0.4, -0.2) is 58.1 Å². The van der Waals surface area contributed by atoms with Crippen LogP contribution in [0.1, 0.15) is 66.4 Å². The Morgan fingerprint density at radius 2 is 1.05 bits per heavy atom. The van der Waals surface area contributed by atoms with Crippen LogP contribution >= 0.6 is 0 Å². The van der Waals surface area contributed by atoms with Gasteiger partial charge in [-0.25, -0.2) is 9.59 Å². The molecule has 37 heavy (non-hydrogen) atoms. The van der Waals surface area contributed by atoms with Crippen molar-refractivity contribution in [3.05, 3.63) is 35.9 Å². The van der Waals surface area contributed by atoms with E-state index in [2.05, 4.69) is 10.6 Å². The van der Waals surface area contributed by atoms with Crippen LogP contribution in [0.25, 0.3) is 0 Å². The van der Waals surface area contributed by atoms with Gasteiger partial charge in [-0.3, -0.25) is 9.59 Å². The van der Waals surface area contributed by atoms with Gasteiger partial charge in [0.2, 0.25) is 11.8 Å². The van der Waals surface area contributed by atoms with Crippen molar-refractivity contribution in [2.75, 3.05) is 0 Å². The maximum atomic E-state index is 11.9. The van der Waals surface area contributed by atoms with E-state index in [4.69, 9.17) is 16.6 Å². The van der Waals surface area contributed by atoms with Crippen LogP contribution in [-0.2, 0) is 25.6 Å². The van der Waals surface area contributed by atoms with Crippen molar-refractivity contribution in [2.45, 2.75) is 91.4 Å². The number of aliphatic carboxylic acids is 2. The maximum Gasteiger partial charge on any atom is 0.326 e. The summed E-state index contributed by atoms with van der Waals surface area (Å²) < 4.78 is 0. The van der Waals surface area contributed by atoms with Crippen molar-refractivity contribution in [1.82, 2.24) is 10.6 Å². The lowest BCUT2D eigenvalue weighted by molar-refractivity contribution is -0.142. The number of hydrogen-bond acceptors (Lipinski definition) is 6. The molecule has 4 atom stereocenters. The molecule has 10 nitrogen and oxygen atoms in total. The SMILES string of the molecule is CC(C)C[C@H](N)C(=O)N[C@@H](Cc1ccccc1)C(=O)O.CC(C)C[C@H](NC(=O)[C@@H](N)CC(C)C)C(=O)O. The number of hydrogen-bond donors (Lipinski definition) is 6. The van der Waals surface area contributed by atoms with Gasteiger partial charge < -0.3 is 32.3 Å². The fourth-order valence-corrected chi connectivity index (χ4v) is 3.53. The van der Waals surface area contributed by atoms with Crippen LogP contribution < -0.4 is 22.1 Å². The molecule has 10 heteroatoms. The zero-order chi connectivity index (χ0) is 28.7. The summed E-state index contributed by atoms with van der Waals surface area (Å²) in [7, 11) is 0. The number of benzene rings is 1. The van der Waals surface area contributed by atoms with E-state index in [0.29, 0.717) is 25.2 Å². The highest BCUT2D eigenvalue weighted by Gasteiger charge is 2.25. The molecule has 0 aliphatic rings. The van der Waals surface area contributed by atoms with E-state index >= 15 is 0 Å². The van der Waals surface area contributed by atoms with Crippen LogP contribution in [0.5, 0.6) is 0 Å². The number of nitrogens with two attached hydrogens (primary N) is 2. The van der Waals surface area contributed by atoms with Gasteiger partial charge in [0.05, 0.1) is 12.1 Å². The van der Waals surface area contributed by atoms with E-state index in [1.807, 2.05) is 71.9 Å². The molecule has 0 aliphatic heterocycles. The Kier molecular flexibility index (Phi) is 16.1. The Bertz CT molecular complexity index is 845. The number of carboxylic acid groups (broad SMARTS) is 2. The lowest BCUT2D eigenvalue weighted by atomic mass is 10.0. The van der Waals surface area contributed by atoms with Gasteiger partial charge in [-0.1, -0.05) is 71.9 Å². The number of nitrogens with one attached hydrogen (secondary N) is 2. The zero-order valence-electron chi connectivity index (χ0n) is 22.9. The average Bonchev–Trinajstić information content (AvgIpc) is 2.77. The number of carbonyl (C=O) groups excluding carboxylic acids is 2. The molecule has 2 amide bonds. The average molecular weight is 523 g/mol. The highest BCUT2D eigenvalue weighted by Crippen LogP contribution is 2.08. The quantitative estimate of drug-likeness (QED) is 0.214. The lowest BCUT2D eigenvalue weighted by Gasteiger charge is -2.20. The minimum atomic E-state index is -1.06. The summed E-state index contributed by atoms with van der Waals surface area (Å²) in [5, 5.41) is 23.2. The second-order valence-electron chi connectivity index (χ2n) is 10.6. The highest BCUT2D eigenvalue weighted by atomic mass is 16.4. The maximum absolute atomic E-state index is 11.9. The molecule has 0 aromatic heterocycles. The molecule has 0 radical (unpaired) electrons. The lowest BCUT2D eigenvalue weighted by Crippen LogP contribution is -2.49. The predicted octanol–water partition coefficient (Wildman–Crippen LogP) is 2.15.